The minimum atomic E-state index is -0.602. The topological polar surface area (TPSA) is 26.3 Å². The van der Waals surface area contributed by atoms with Crippen LogP contribution >= 0.6 is 11.6 Å². The maximum atomic E-state index is 13.1. The first-order valence-corrected chi connectivity index (χ1v) is 4.56. The Kier molecular flexibility index (Phi) is 3.47. The molecule has 0 aromatic heterocycles. The third-order valence-corrected chi connectivity index (χ3v) is 2.20. The first kappa shape index (κ1) is 11.0. The van der Waals surface area contributed by atoms with Gasteiger partial charge in [-0.15, -0.1) is 0 Å². The lowest BCUT2D eigenvalue weighted by Gasteiger charge is -2.04. The van der Waals surface area contributed by atoms with E-state index in [2.05, 4.69) is 0 Å². The number of hydrogen-bond acceptors (Lipinski definition) is 2. The number of esters is 1. The van der Waals surface area contributed by atoms with Gasteiger partial charge in [-0.1, -0.05) is 11.6 Å². The Morgan fingerprint density at radius 3 is 2.71 bits per heavy atom. The standard InChI is InChI=1S/C10H10ClFO2/c1-3-14-10(13)7-4-6(2)9(11)8(12)5-7/h4-5H,3H2,1-2H3. The number of ether oxygens (including phenoxy) is 1. The normalized spacial score (nSPS) is 10.0. The van der Waals surface area contributed by atoms with Gasteiger partial charge in [0.15, 0.2) is 0 Å². The molecule has 0 fully saturated rings. The Bertz CT molecular complexity index is 340. The molecule has 0 spiro atoms. The van der Waals surface area contributed by atoms with Gasteiger partial charge in [0.05, 0.1) is 17.2 Å². The number of carbonyl (C=O) groups is 1. The van der Waals surface area contributed by atoms with E-state index in [0.29, 0.717) is 5.56 Å². The molecule has 1 rings (SSSR count). The van der Waals surface area contributed by atoms with Crippen LogP contribution in [0.4, 0.5) is 4.39 Å². The molecule has 0 aliphatic carbocycles. The monoisotopic (exact) mass is 216 g/mol. The molecule has 1 aromatic rings. The smallest absolute Gasteiger partial charge is 0.338 e. The molecular weight excluding hydrogens is 207 g/mol. The predicted molar refractivity (Wildman–Crippen MR) is 52.1 cm³/mol. The first-order chi connectivity index (χ1) is 6.56. The fourth-order valence-corrected chi connectivity index (χ4v) is 1.17. The molecule has 0 atom stereocenters. The first-order valence-electron chi connectivity index (χ1n) is 4.19. The van der Waals surface area contributed by atoms with E-state index in [1.807, 2.05) is 0 Å². The summed E-state index contributed by atoms with van der Waals surface area (Å²) in [6, 6.07) is 2.58. The van der Waals surface area contributed by atoms with Crippen molar-refractivity contribution in [2.24, 2.45) is 0 Å². The predicted octanol–water partition coefficient (Wildman–Crippen LogP) is 2.96. The molecule has 14 heavy (non-hydrogen) atoms. The van der Waals surface area contributed by atoms with Crippen molar-refractivity contribution in [1.29, 1.82) is 0 Å². The van der Waals surface area contributed by atoms with E-state index >= 15 is 0 Å². The summed E-state index contributed by atoms with van der Waals surface area (Å²) in [5.74, 6) is -1.14. The molecule has 0 heterocycles. The van der Waals surface area contributed by atoms with Crippen molar-refractivity contribution < 1.29 is 13.9 Å². The van der Waals surface area contributed by atoms with E-state index in [1.165, 1.54) is 6.07 Å². The summed E-state index contributed by atoms with van der Waals surface area (Å²) in [5, 5.41) is 0.0399. The second-order valence-electron chi connectivity index (χ2n) is 2.81. The fraction of sp³-hybridized carbons (Fsp3) is 0.300. The van der Waals surface area contributed by atoms with Crippen molar-refractivity contribution in [1.82, 2.24) is 0 Å². The van der Waals surface area contributed by atoms with Crippen LogP contribution in [0.3, 0.4) is 0 Å². The zero-order chi connectivity index (χ0) is 10.7. The number of rotatable bonds is 2. The largest absolute Gasteiger partial charge is 0.462 e. The van der Waals surface area contributed by atoms with E-state index in [-0.39, 0.29) is 17.2 Å². The molecule has 0 amide bonds. The fourth-order valence-electron chi connectivity index (χ4n) is 1.06. The summed E-state index contributed by atoms with van der Waals surface area (Å²) in [6.45, 7) is 3.59. The highest BCUT2D eigenvalue weighted by Crippen LogP contribution is 2.21. The number of benzene rings is 1. The molecule has 4 heteroatoms. The molecular formula is C10H10ClFO2. The number of carbonyl (C=O) groups excluding carboxylic acids is 1. The summed E-state index contributed by atoms with van der Waals surface area (Å²) in [6.07, 6.45) is 0. The molecule has 0 N–H and O–H groups in total. The molecule has 0 aliphatic rings. The second kappa shape index (κ2) is 4.42. The third-order valence-electron chi connectivity index (χ3n) is 1.72. The lowest BCUT2D eigenvalue weighted by molar-refractivity contribution is 0.0525. The van der Waals surface area contributed by atoms with Gasteiger partial charge in [-0.2, -0.15) is 0 Å². The number of hydrogen-bond donors (Lipinski definition) is 0. The molecule has 0 radical (unpaired) electrons. The van der Waals surface area contributed by atoms with Gasteiger partial charge in [0.25, 0.3) is 0 Å². The SMILES string of the molecule is CCOC(=O)c1cc(C)c(Cl)c(F)c1. The summed E-state index contributed by atoms with van der Waals surface area (Å²) >= 11 is 5.60. The molecule has 0 bridgehead atoms. The van der Waals surface area contributed by atoms with Crippen LogP contribution in [0.2, 0.25) is 5.02 Å². The lowest BCUT2D eigenvalue weighted by Crippen LogP contribution is -2.05. The summed E-state index contributed by atoms with van der Waals surface area (Å²) in [5.41, 5.74) is 0.709. The minimum absolute atomic E-state index is 0.0399. The number of aryl methyl sites for hydroxylation is 1. The summed E-state index contributed by atoms with van der Waals surface area (Å²) in [4.78, 5) is 11.2. The Labute approximate surface area is 86.6 Å². The van der Waals surface area contributed by atoms with Gasteiger partial charge in [0.2, 0.25) is 0 Å². The maximum Gasteiger partial charge on any atom is 0.338 e. The van der Waals surface area contributed by atoms with Crippen molar-refractivity contribution in [3.8, 4) is 0 Å². The van der Waals surface area contributed by atoms with Gasteiger partial charge in [-0.25, -0.2) is 9.18 Å². The maximum absolute atomic E-state index is 13.1. The van der Waals surface area contributed by atoms with Gasteiger partial charge >= 0.3 is 5.97 Å². The summed E-state index contributed by atoms with van der Waals surface area (Å²) in [7, 11) is 0. The molecule has 0 aliphatic heterocycles. The third kappa shape index (κ3) is 2.23. The Morgan fingerprint density at radius 1 is 1.57 bits per heavy atom. The van der Waals surface area contributed by atoms with Crippen LogP contribution in [0.5, 0.6) is 0 Å². The average molecular weight is 217 g/mol. The quantitative estimate of drug-likeness (QED) is 0.711. The van der Waals surface area contributed by atoms with E-state index in [9.17, 15) is 9.18 Å². The van der Waals surface area contributed by atoms with Crippen molar-refractivity contribution in [2.45, 2.75) is 13.8 Å². The minimum Gasteiger partial charge on any atom is -0.462 e. The van der Waals surface area contributed by atoms with Crippen LogP contribution in [0.1, 0.15) is 22.8 Å². The molecule has 2 nitrogen and oxygen atoms in total. The van der Waals surface area contributed by atoms with Crippen LogP contribution in [0.25, 0.3) is 0 Å². The van der Waals surface area contributed by atoms with Crippen LogP contribution in [0, 0.1) is 12.7 Å². The van der Waals surface area contributed by atoms with Crippen molar-refractivity contribution in [2.75, 3.05) is 6.61 Å². The zero-order valence-electron chi connectivity index (χ0n) is 7.93. The van der Waals surface area contributed by atoms with E-state index in [4.69, 9.17) is 16.3 Å². The molecule has 1 aromatic carbocycles. The van der Waals surface area contributed by atoms with Gasteiger partial charge in [0, 0.05) is 0 Å². The van der Waals surface area contributed by atoms with E-state index < -0.39 is 11.8 Å². The van der Waals surface area contributed by atoms with Crippen molar-refractivity contribution in [3.05, 3.63) is 34.1 Å². The Balaban J connectivity index is 3.06. The van der Waals surface area contributed by atoms with Crippen molar-refractivity contribution >= 4 is 17.6 Å². The van der Waals surface area contributed by atoms with Gasteiger partial charge in [0.1, 0.15) is 5.82 Å². The average Bonchev–Trinajstić information content (AvgIpc) is 2.13. The molecule has 76 valence electrons. The highest BCUT2D eigenvalue weighted by atomic mass is 35.5. The summed E-state index contributed by atoms with van der Waals surface area (Å²) < 4.78 is 17.8. The van der Waals surface area contributed by atoms with Gasteiger partial charge < -0.3 is 4.74 Å². The van der Waals surface area contributed by atoms with Gasteiger partial charge in [-0.05, 0) is 31.5 Å². The van der Waals surface area contributed by atoms with Gasteiger partial charge in [-0.3, -0.25) is 0 Å². The lowest BCUT2D eigenvalue weighted by atomic mass is 10.1. The van der Waals surface area contributed by atoms with Crippen LogP contribution in [-0.4, -0.2) is 12.6 Å². The molecule has 0 saturated carbocycles. The number of halogens is 2. The highest BCUT2D eigenvalue weighted by molar-refractivity contribution is 6.31. The Hall–Kier alpha value is -1.09. The Morgan fingerprint density at radius 2 is 2.21 bits per heavy atom. The second-order valence-corrected chi connectivity index (χ2v) is 3.19. The highest BCUT2D eigenvalue weighted by Gasteiger charge is 2.11. The van der Waals surface area contributed by atoms with Crippen LogP contribution in [0.15, 0.2) is 12.1 Å². The van der Waals surface area contributed by atoms with Crippen LogP contribution in [-0.2, 0) is 4.74 Å². The van der Waals surface area contributed by atoms with Crippen LogP contribution < -0.4 is 0 Å². The van der Waals surface area contributed by atoms with E-state index in [1.54, 1.807) is 13.8 Å². The molecule has 0 unspecified atom stereocenters. The molecule has 0 saturated heterocycles. The zero-order valence-corrected chi connectivity index (χ0v) is 8.69. The van der Waals surface area contributed by atoms with Crippen molar-refractivity contribution in [3.63, 3.8) is 0 Å². The van der Waals surface area contributed by atoms with E-state index in [0.717, 1.165) is 6.07 Å².